The van der Waals surface area contributed by atoms with Crippen molar-refractivity contribution in [3.8, 4) is 0 Å². The third-order valence-electron chi connectivity index (χ3n) is 4.12. The lowest BCUT2D eigenvalue weighted by Gasteiger charge is -2.18. The maximum absolute atomic E-state index is 12.4. The summed E-state index contributed by atoms with van der Waals surface area (Å²) in [4.78, 5) is 16.4. The maximum Gasteiger partial charge on any atom is 0.220 e. The number of hydrogen-bond donors (Lipinski definition) is 1. The Labute approximate surface area is 152 Å². The van der Waals surface area contributed by atoms with Crippen LogP contribution >= 0.6 is 11.6 Å². The Hall–Kier alpha value is -2.53. The predicted molar refractivity (Wildman–Crippen MR) is 98.5 cm³/mol. The molecule has 1 amide bonds. The lowest BCUT2D eigenvalue weighted by Crippen LogP contribution is -2.29. The summed E-state index contributed by atoms with van der Waals surface area (Å²) in [5, 5.41) is 3.69. The highest BCUT2D eigenvalue weighted by Crippen LogP contribution is 2.23. The summed E-state index contributed by atoms with van der Waals surface area (Å²) in [6, 6.07) is 11.7. The molecule has 0 saturated carbocycles. The van der Waals surface area contributed by atoms with Gasteiger partial charge in [-0.1, -0.05) is 23.7 Å². The van der Waals surface area contributed by atoms with Crippen molar-refractivity contribution in [2.75, 3.05) is 6.54 Å². The molecule has 0 aliphatic heterocycles. The second-order valence-corrected chi connectivity index (χ2v) is 6.42. The Morgan fingerprint density at radius 3 is 2.56 bits per heavy atom. The number of carbonyl (C=O) groups is 1. The monoisotopic (exact) mass is 356 g/mol. The molecule has 1 aromatic carbocycles. The van der Waals surface area contributed by atoms with Gasteiger partial charge in [-0.3, -0.25) is 4.79 Å². The van der Waals surface area contributed by atoms with Crippen LogP contribution in [0.4, 0.5) is 0 Å². The Kier molecular flexibility index (Phi) is 5.90. The first kappa shape index (κ1) is 17.3. The zero-order valence-corrected chi connectivity index (χ0v) is 14.6. The minimum Gasteiger partial charge on any atom is -0.354 e. The predicted octanol–water partition coefficient (Wildman–Crippen LogP) is 3.33. The average molecular weight is 357 g/mol. The fraction of sp³-hybridized carbons (Fsp3) is 0.263. The highest BCUT2D eigenvalue weighted by molar-refractivity contribution is 6.30. The number of nitrogens with zero attached hydrogens (tertiary/aromatic N) is 3. The molecule has 6 heteroatoms. The van der Waals surface area contributed by atoms with Crippen molar-refractivity contribution < 1.29 is 4.79 Å². The molecule has 1 N–H and O–H groups in total. The van der Waals surface area contributed by atoms with E-state index in [1.54, 1.807) is 12.5 Å². The minimum absolute atomic E-state index is 0.0484. The van der Waals surface area contributed by atoms with Crippen LogP contribution in [0.1, 0.15) is 17.9 Å². The number of carbonyl (C=O) groups excluding carboxylic acids is 1. The van der Waals surface area contributed by atoms with Gasteiger partial charge in [-0.25, -0.2) is 4.98 Å². The Bertz CT molecular complexity index is 766. The molecule has 2 heterocycles. The molecule has 3 rings (SSSR count). The SMILES string of the molecule is O=C(CC(Cn1cccc1)c1ccc(Cl)cc1)NCCn1ccnc1. The van der Waals surface area contributed by atoms with Crippen molar-refractivity contribution >= 4 is 17.5 Å². The summed E-state index contributed by atoms with van der Waals surface area (Å²) in [7, 11) is 0. The van der Waals surface area contributed by atoms with Gasteiger partial charge in [0.15, 0.2) is 0 Å². The lowest BCUT2D eigenvalue weighted by molar-refractivity contribution is -0.121. The number of nitrogens with one attached hydrogen (secondary N) is 1. The molecule has 2 aromatic heterocycles. The first-order valence-corrected chi connectivity index (χ1v) is 8.67. The third-order valence-corrected chi connectivity index (χ3v) is 4.37. The van der Waals surface area contributed by atoms with E-state index < -0.39 is 0 Å². The molecule has 0 bridgehead atoms. The number of aromatic nitrogens is 3. The van der Waals surface area contributed by atoms with Crippen molar-refractivity contribution in [2.24, 2.45) is 0 Å². The summed E-state index contributed by atoms with van der Waals surface area (Å²) in [6.45, 7) is 2.06. The van der Waals surface area contributed by atoms with E-state index in [1.165, 1.54) is 0 Å². The van der Waals surface area contributed by atoms with Crippen molar-refractivity contribution in [3.05, 3.63) is 78.1 Å². The summed E-state index contributed by atoms with van der Waals surface area (Å²) in [5.74, 6) is 0.144. The first-order valence-electron chi connectivity index (χ1n) is 8.29. The van der Waals surface area contributed by atoms with Crippen molar-refractivity contribution in [3.63, 3.8) is 0 Å². The van der Waals surface area contributed by atoms with Crippen molar-refractivity contribution in [1.29, 1.82) is 0 Å². The van der Waals surface area contributed by atoms with E-state index in [9.17, 15) is 4.79 Å². The van der Waals surface area contributed by atoms with Gasteiger partial charge in [0.2, 0.25) is 5.91 Å². The Morgan fingerprint density at radius 2 is 1.88 bits per heavy atom. The van der Waals surface area contributed by atoms with Crippen LogP contribution in [0.25, 0.3) is 0 Å². The number of rotatable bonds is 8. The second kappa shape index (κ2) is 8.53. The quantitative estimate of drug-likeness (QED) is 0.673. The molecule has 0 aliphatic carbocycles. The van der Waals surface area contributed by atoms with Gasteiger partial charge in [0.05, 0.1) is 6.33 Å². The largest absolute Gasteiger partial charge is 0.354 e. The summed E-state index contributed by atoms with van der Waals surface area (Å²) < 4.78 is 4.04. The van der Waals surface area contributed by atoms with E-state index in [0.29, 0.717) is 18.0 Å². The van der Waals surface area contributed by atoms with Crippen molar-refractivity contribution in [2.45, 2.75) is 25.4 Å². The standard InChI is InChI=1S/C19H21ClN4O/c20-18-5-3-16(4-6-18)17(14-23-9-1-2-10-23)13-19(25)22-8-12-24-11-7-21-15-24/h1-7,9-11,15,17H,8,12-14H2,(H,22,25). The molecular formula is C19H21ClN4O. The molecule has 0 fully saturated rings. The van der Waals surface area contributed by atoms with Gasteiger partial charge in [-0.2, -0.15) is 0 Å². The summed E-state index contributed by atoms with van der Waals surface area (Å²) in [6.07, 6.45) is 9.82. The molecule has 0 saturated heterocycles. The van der Waals surface area contributed by atoms with Gasteiger partial charge in [-0.15, -0.1) is 0 Å². The molecule has 0 aliphatic rings. The lowest BCUT2D eigenvalue weighted by atomic mass is 9.95. The third kappa shape index (κ3) is 5.22. The topological polar surface area (TPSA) is 51.9 Å². The first-order chi connectivity index (χ1) is 12.2. The van der Waals surface area contributed by atoms with Gasteiger partial charge in [0, 0.05) is 61.8 Å². The van der Waals surface area contributed by atoms with Crippen molar-refractivity contribution in [1.82, 2.24) is 19.4 Å². The number of imidazole rings is 1. The van der Waals surface area contributed by atoms with E-state index >= 15 is 0 Å². The molecule has 0 spiro atoms. The normalized spacial score (nSPS) is 12.0. The highest BCUT2D eigenvalue weighted by Gasteiger charge is 2.16. The van der Waals surface area contributed by atoms with Gasteiger partial charge >= 0.3 is 0 Å². The van der Waals surface area contributed by atoms with Crippen LogP contribution in [-0.2, 0) is 17.9 Å². The molecule has 5 nitrogen and oxygen atoms in total. The van der Waals surface area contributed by atoms with Crippen LogP contribution < -0.4 is 5.32 Å². The summed E-state index contributed by atoms with van der Waals surface area (Å²) in [5.41, 5.74) is 1.11. The zero-order chi connectivity index (χ0) is 17.5. The fourth-order valence-corrected chi connectivity index (χ4v) is 2.93. The molecule has 130 valence electrons. The number of benzene rings is 1. The van der Waals surface area contributed by atoms with Crippen LogP contribution in [-0.4, -0.2) is 26.6 Å². The van der Waals surface area contributed by atoms with Crippen LogP contribution in [0.15, 0.2) is 67.5 Å². The van der Waals surface area contributed by atoms with Crippen LogP contribution in [0.3, 0.4) is 0 Å². The minimum atomic E-state index is 0.0484. The number of halogens is 1. The molecule has 1 unspecified atom stereocenters. The smallest absolute Gasteiger partial charge is 0.220 e. The molecule has 3 aromatic rings. The molecule has 25 heavy (non-hydrogen) atoms. The average Bonchev–Trinajstić information content (AvgIpc) is 3.29. The van der Waals surface area contributed by atoms with Gasteiger partial charge in [0.25, 0.3) is 0 Å². The highest BCUT2D eigenvalue weighted by atomic mass is 35.5. The zero-order valence-electron chi connectivity index (χ0n) is 13.9. The van der Waals surface area contributed by atoms with E-state index in [-0.39, 0.29) is 11.8 Å². The van der Waals surface area contributed by atoms with Gasteiger partial charge in [-0.05, 0) is 29.8 Å². The van der Waals surface area contributed by atoms with E-state index in [4.69, 9.17) is 11.6 Å². The number of hydrogen-bond acceptors (Lipinski definition) is 2. The molecular weight excluding hydrogens is 336 g/mol. The van der Waals surface area contributed by atoms with E-state index in [1.807, 2.05) is 59.6 Å². The van der Waals surface area contributed by atoms with E-state index in [2.05, 4.69) is 14.9 Å². The second-order valence-electron chi connectivity index (χ2n) is 5.98. The fourth-order valence-electron chi connectivity index (χ4n) is 2.81. The van der Waals surface area contributed by atoms with Gasteiger partial charge < -0.3 is 14.5 Å². The van der Waals surface area contributed by atoms with Crippen LogP contribution in [0.2, 0.25) is 5.02 Å². The van der Waals surface area contributed by atoms with Crippen LogP contribution in [0.5, 0.6) is 0 Å². The van der Waals surface area contributed by atoms with Crippen LogP contribution in [0, 0.1) is 0 Å². The molecule has 0 radical (unpaired) electrons. The van der Waals surface area contributed by atoms with E-state index in [0.717, 1.165) is 18.7 Å². The maximum atomic E-state index is 12.4. The summed E-state index contributed by atoms with van der Waals surface area (Å²) >= 11 is 5.99. The number of amides is 1. The molecule has 1 atom stereocenters. The Morgan fingerprint density at radius 1 is 1.12 bits per heavy atom. The Balaban J connectivity index is 1.60. The van der Waals surface area contributed by atoms with Gasteiger partial charge in [0.1, 0.15) is 0 Å².